The molecule has 0 radical (unpaired) electrons. The molecule has 1 aromatic rings. The maximum Gasteiger partial charge on any atom is 0.246 e. The zero-order chi connectivity index (χ0) is 14.8. The maximum atomic E-state index is 11.9. The third-order valence-electron chi connectivity index (χ3n) is 2.86. The Kier molecular flexibility index (Phi) is 7.43. The van der Waals surface area contributed by atoms with Crippen molar-refractivity contribution in [3.8, 4) is 5.75 Å². The Bertz CT molecular complexity index is 427. The molecular formula is C16H24N2O2. The number of carbonyl (C=O) groups excluding carboxylic acids is 1. The number of benzene rings is 1. The summed E-state index contributed by atoms with van der Waals surface area (Å²) in [6, 6.07) is 7.70. The molecule has 4 nitrogen and oxygen atoms in total. The molecule has 0 bridgehead atoms. The fourth-order valence-electron chi connectivity index (χ4n) is 1.75. The predicted molar refractivity (Wildman–Crippen MR) is 82.6 cm³/mol. The molecule has 0 saturated carbocycles. The number of carbonyl (C=O) groups is 1. The molecule has 1 amide bonds. The number of ether oxygens (including phenoxy) is 1. The van der Waals surface area contributed by atoms with Crippen molar-refractivity contribution in [2.24, 2.45) is 5.73 Å². The number of hydrogen-bond donors (Lipinski definition) is 1. The summed E-state index contributed by atoms with van der Waals surface area (Å²) in [7, 11) is 0. The third-order valence-corrected chi connectivity index (χ3v) is 2.86. The maximum absolute atomic E-state index is 11.9. The van der Waals surface area contributed by atoms with E-state index in [1.54, 1.807) is 11.0 Å². The summed E-state index contributed by atoms with van der Waals surface area (Å²) in [6.07, 6.45) is 4.39. The van der Waals surface area contributed by atoms with E-state index in [4.69, 9.17) is 10.5 Å². The van der Waals surface area contributed by atoms with Gasteiger partial charge in [-0.25, -0.2) is 0 Å². The predicted octanol–water partition coefficient (Wildman–Crippen LogP) is 2.30. The molecule has 1 rings (SSSR count). The van der Waals surface area contributed by atoms with Gasteiger partial charge in [-0.1, -0.05) is 19.1 Å². The van der Waals surface area contributed by atoms with Gasteiger partial charge in [0.2, 0.25) is 5.91 Å². The van der Waals surface area contributed by atoms with E-state index in [0.29, 0.717) is 19.6 Å². The van der Waals surface area contributed by atoms with Gasteiger partial charge in [0, 0.05) is 25.7 Å². The van der Waals surface area contributed by atoms with Crippen LogP contribution >= 0.6 is 0 Å². The monoisotopic (exact) mass is 276 g/mol. The van der Waals surface area contributed by atoms with E-state index in [0.717, 1.165) is 24.3 Å². The van der Waals surface area contributed by atoms with Gasteiger partial charge in [0.1, 0.15) is 5.75 Å². The van der Waals surface area contributed by atoms with Crippen molar-refractivity contribution < 1.29 is 9.53 Å². The zero-order valence-electron chi connectivity index (χ0n) is 12.3. The molecule has 20 heavy (non-hydrogen) atoms. The molecule has 0 fully saturated rings. The van der Waals surface area contributed by atoms with Crippen molar-refractivity contribution in [3.63, 3.8) is 0 Å². The summed E-state index contributed by atoms with van der Waals surface area (Å²) < 4.78 is 5.51. The average molecular weight is 276 g/mol. The lowest BCUT2D eigenvalue weighted by Crippen LogP contribution is -2.33. The summed E-state index contributed by atoms with van der Waals surface area (Å²) in [5.41, 5.74) is 6.45. The van der Waals surface area contributed by atoms with Gasteiger partial charge in [0.05, 0.1) is 6.61 Å². The molecule has 0 atom stereocenters. The average Bonchev–Trinajstić information content (AvgIpc) is 2.49. The quantitative estimate of drug-likeness (QED) is 0.741. The smallest absolute Gasteiger partial charge is 0.246 e. The third kappa shape index (κ3) is 5.45. The lowest BCUT2D eigenvalue weighted by Gasteiger charge is -2.17. The summed E-state index contributed by atoms with van der Waals surface area (Å²) in [5.74, 6) is 0.845. The van der Waals surface area contributed by atoms with Crippen LogP contribution in [0.15, 0.2) is 30.3 Å². The first-order valence-corrected chi connectivity index (χ1v) is 7.11. The summed E-state index contributed by atoms with van der Waals surface area (Å²) in [5, 5.41) is 0. The van der Waals surface area contributed by atoms with Crippen LogP contribution < -0.4 is 10.5 Å². The second-order valence-corrected chi connectivity index (χ2v) is 4.46. The fraction of sp³-hybridized carbons (Fsp3) is 0.438. The number of hydrogen-bond acceptors (Lipinski definition) is 3. The lowest BCUT2D eigenvalue weighted by atomic mass is 10.2. The highest BCUT2D eigenvalue weighted by Gasteiger charge is 2.06. The van der Waals surface area contributed by atoms with Gasteiger partial charge in [-0.15, -0.1) is 0 Å². The molecule has 0 spiro atoms. The minimum Gasteiger partial charge on any atom is -0.494 e. The van der Waals surface area contributed by atoms with Crippen LogP contribution in [0.2, 0.25) is 0 Å². The molecule has 2 N–H and O–H groups in total. The van der Waals surface area contributed by atoms with Gasteiger partial charge >= 0.3 is 0 Å². The molecule has 0 aromatic heterocycles. The highest BCUT2D eigenvalue weighted by Crippen LogP contribution is 2.13. The van der Waals surface area contributed by atoms with Crippen LogP contribution in [0.3, 0.4) is 0 Å². The minimum absolute atomic E-state index is 0.00994. The van der Waals surface area contributed by atoms with Crippen LogP contribution in [0.4, 0.5) is 0 Å². The van der Waals surface area contributed by atoms with Gasteiger partial charge < -0.3 is 15.4 Å². The van der Waals surface area contributed by atoms with Crippen molar-refractivity contribution in [2.45, 2.75) is 20.3 Å². The van der Waals surface area contributed by atoms with Crippen LogP contribution in [0.1, 0.15) is 25.8 Å². The van der Waals surface area contributed by atoms with Gasteiger partial charge in [-0.3, -0.25) is 4.79 Å². The first kappa shape index (κ1) is 16.2. The van der Waals surface area contributed by atoms with Crippen LogP contribution in [-0.4, -0.2) is 37.0 Å². The summed E-state index contributed by atoms with van der Waals surface area (Å²) in [4.78, 5) is 13.6. The van der Waals surface area contributed by atoms with E-state index in [9.17, 15) is 4.79 Å². The Morgan fingerprint density at radius 3 is 2.55 bits per heavy atom. The molecule has 0 heterocycles. The molecule has 110 valence electrons. The highest BCUT2D eigenvalue weighted by molar-refractivity contribution is 5.91. The number of amides is 1. The molecule has 0 aliphatic rings. The normalized spacial score (nSPS) is 10.8. The lowest BCUT2D eigenvalue weighted by molar-refractivity contribution is -0.125. The van der Waals surface area contributed by atoms with Gasteiger partial charge in [-0.05, 0) is 37.1 Å². The summed E-state index contributed by atoms with van der Waals surface area (Å²) in [6.45, 7) is 6.48. The molecule has 0 aliphatic heterocycles. The minimum atomic E-state index is -0.00994. The number of likely N-dealkylation sites (N-methyl/N-ethyl adjacent to an activating group) is 1. The van der Waals surface area contributed by atoms with Crippen molar-refractivity contribution in [2.75, 3.05) is 26.2 Å². The van der Waals surface area contributed by atoms with Gasteiger partial charge in [-0.2, -0.15) is 0 Å². The van der Waals surface area contributed by atoms with Crippen molar-refractivity contribution in [1.29, 1.82) is 0 Å². The Morgan fingerprint density at radius 2 is 2.00 bits per heavy atom. The van der Waals surface area contributed by atoms with E-state index in [-0.39, 0.29) is 5.91 Å². The molecule has 0 saturated heterocycles. The van der Waals surface area contributed by atoms with Crippen molar-refractivity contribution in [3.05, 3.63) is 35.9 Å². The molecule has 1 aromatic carbocycles. The van der Waals surface area contributed by atoms with E-state index in [1.807, 2.05) is 37.3 Å². The Hall–Kier alpha value is -1.81. The van der Waals surface area contributed by atoms with Crippen molar-refractivity contribution in [1.82, 2.24) is 4.90 Å². The standard InChI is InChI=1S/C16H24N2O2/c1-3-13-20-15-8-5-14(6-9-15)7-10-16(19)18(4-2)12-11-17/h5-10H,3-4,11-13,17H2,1-2H3/b10-7+. The Balaban J connectivity index is 2.58. The second kappa shape index (κ2) is 9.15. The van der Waals surface area contributed by atoms with Crippen LogP contribution in [0.5, 0.6) is 5.75 Å². The topological polar surface area (TPSA) is 55.6 Å². The number of nitrogens with zero attached hydrogens (tertiary/aromatic N) is 1. The second-order valence-electron chi connectivity index (χ2n) is 4.46. The first-order valence-electron chi connectivity index (χ1n) is 7.11. The first-order chi connectivity index (χ1) is 9.71. The molecule has 4 heteroatoms. The largest absolute Gasteiger partial charge is 0.494 e. The van der Waals surface area contributed by atoms with Gasteiger partial charge in [0.15, 0.2) is 0 Å². The van der Waals surface area contributed by atoms with Crippen LogP contribution in [0.25, 0.3) is 6.08 Å². The molecule has 0 unspecified atom stereocenters. The van der Waals surface area contributed by atoms with E-state index in [1.165, 1.54) is 0 Å². The van der Waals surface area contributed by atoms with E-state index in [2.05, 4.69) is 6.92 Å². The molecular weight excluding hydrogens is 252 g/mol. The summed E-state index contributed by atoms with van der Waals surface area (Å²) >= 11 is 0. The molecule has 0 aliphatic carbocycles. The van der Waals surface area contributed by atoms with Crippen molar-refractivity contribution >= 4 is 12.0 Å². The van der Waals surface area contributed by atoms with E-state index >= 15 is 0 Å². The zero-order valence-corrected chi connectivity index (χ0v) is 12.3. The van der Waals surface area contributed by atoms with Crippen LogP contribution in [-0.2, 0) is 4.79 Å². The number of nitrogens with two attached hydrogens (primary N) is 1. The highest BCUT2D eigenvalue weighted by atomic mass is 16.5. The van der Waals surface area contributed by atoms with E-state index < -0.39 is 0 Å². The Labute approximate surface area is 121 Å². The van der Waals surface area contributed by atoms with Crippen LogP contribution in [0, 0.1) is 0 Å². The Morgan fingerprint density at radius 1 is 1.30 bits per heavy atom. The SMILES string of the molecule is CCCOc1ccc(/C=C/C(=O)N(CC)CCN)cc1. The number of rotatable bonds is 8. The van der Waals surface area contributed by atoms with Gasteiger partial charge in [0.25, 0.3) is 0 Å². The fourth-order valence-corrected chi connectivity index (χ4v) is 1.75.